The average molecular weight is 714 g/mol. The van der Waals surface area contributed by atoms with Gasteiger partial charge in [0.05, 0.1) is 18.8 Å². The first kappa shape index (κ1) is 35.2. The summed E-state index contributed by atoms with van der Waals surface area (Å²) in [5, 5.41) is 15.0. The Labute approximate surface area is 293 Å². The van der Waals surface area contributed by atoms with Crippen LogP contribution >= 0.6 is 46.6 Å². The standard InChI is InChI=1S/C36H35Cl3N2O5S/c1-22-32(21-47-30-17-15-29(16-18-30)41-23(2)43)45-34(46-33(22)26-9-7-24(20-42)8-10-26)27-13-11-25(12-14-27)31-6-4-3-5-28(31)19-40-35(44)36(37,38)39/h3-18,22,32-34,42H,19-21H2,1-2H3,(H,40,44)(H,41,43). The number of aliphatic hydroxyl groups is 1. The van der Waals surface area contributed by atoms with Crippen LogP contribution in [0.25, 0.3) is 11.1 Å². The zero-order valence-corrected chi connectivity index (χ0v) is 28.9. The molecular formula is C36H35Cl3N2O5S. The predicted molar refractivity (Wildman–Crippen MR) is 188 cm³/mol. The van der Waals surface area contributed by atoms with Gasteiger partial charge in [0.25, 0.3) is 9.70 Å². The van der Waals surface area contributed by atoms with E-state index in [4.69, 9.17) is 44.3 Å². The van der Waals surface area contributed by atoms with Crippen molar-refractivity contribution in [2.24, 2.45) is 5.92 Å². The Balaban J connectivity index is 1.35. The molecule has 47 heavy (non-hydrogen) atoms. The van der Waals surface area contributed by atoms with Gasteiger partial charge in [0.15, 0.2) is 6.29 Å². The third-order valence-electron chi connectivity index (χ3n) is 7.92. The molecule has 4 unspecified atom stereocenters. The number of ether oxygens (including phenoxy) is 2. The number of anilines is 1. The van der Waals surface area contributed by atoms with Crippen molar-refractivity contribution < 1.29 is 24.2 Å². The highest BCUT2D eigenvalue weighted by Crippen LogP contribution is 2.43. The molecule has 0 aliphatic carbocycles. The number of hydrogen-bond acceptors (Lipinski definition) is 6. The summed E-state index contributed by atoms with van der Waals surface area (Å²) in [5.74, 6) is -0.0752. The second-order valence-electron chi connectivity index (χ2n) is 11.3. The van der Waals surface area contributed by atoms with Gasteiger partial charge in [0, 0.05) is 41.3 Å². The summed E-state index contributed by atoms with van der Waals surface area (Å²) < 4.78 is 11.2. The number of amides is 2. The summed E-state index contributed by atoms with van der Waals surface area (Å²) in [7, 11) is 0. The predicted octanol–water partition coefficient (Wildman–Crippen LogP) is 8.37. The van der Waals surface area contributed by atoms with Crippen LogP contribution in [0.4, 0.5) is 5.69 Å². The molecule has 7 nitrogen and oxygen atoms in total. The maximum Gasteiger partial charge on any atom is 0.272 e. The Bertz CT molecular complexity index is 1660. The first-order valence-corrected chi connectivity index (χ1v) is 17.2. The first-order chi connectivity index (χ1) is 22.5. The minimum atomic E-state index is -2.04. The molecule has 2 amide bonds. The summed E-state index contributed by atoms with van der Waals surface area (Å²) in [5.41, 5.74) is 6.22. The fraction of sp³-hybridized carbons (Fsp3) is 0.278. The van der Waals surface area contributed by atoms with Crippen LogP contribution in [0.3, 0.4) is 0 Å². The topological polar surface area (TPSA) is 96.9 Å². The van der Waals surface area contributed by atoms with Crippen LogP contribution in [0, 0.1) is 5.92 Å². The zero-order valence-electron chi connectivity index (χ0n) is 25.8. The van der Waals surface area contributed by atoms with Crippen molar-refractivity contribution in [2.75, 3.05) is 11.1 Å². The van der Waals surface area contributed by atoms with Crippen molar-refractivity contribution in [3.63, 3.8) is 0 Å². The fourth-order valence-electron chi connectivity index (χ4n) is 5.38. The molecule has 1 heterocycles. The molecule has 0 aromatic heterocycles. The lowest BCUT2D eigenvalue weighted by atomic mass is 9.91. The molecule has 0 radical (unpaired) electrons. The van der Waals surface area contributed by atoms with E-state index in [-0.39, 0.29) is 37.2 Å². The number of carbonyl (C=O) groups excluding carboxylic acids is 2. The second-order valence-corrected chi connectivity index (χ2v) is 14.7. The smallest absolute Gasteiger partial charge is 0.272 e. The van der Waals surface area contributed by atoms with Crippen LogP contribution in [0.1, 0.15) is 48.5 Å². The highest BCUT2D eigenvalue weighted by Gasteiger charge is 2.38. The van der Waals surface area contributed by atoms with Crippen LogP contribution in [-0.4, -0.2) is 32.6 Å². The van der Waals surface area contributed by atoms with Crippen molar-refractivity contribution in [3.8, 4) is 11.1 Å². The molecule has 0 saturated carbocycles. The van der Waals surface area contributed by atoms with E-state index >= 15 is 0 Å². The molecule has 0 bridgehead atoms. The number of benzene rings is 4. The van der Waals surface area contributed by atoms with Gasteiger partial charge >= 0.3 is 0 Å². The van der Waals surface area contributed by atoms with Gasteiger partial charge in [-0.05, 0) is 52.1 Å². The summed E-state index contributed by atoms with van der Waals surface area (Å²) in [6, 6.07) is 31.3. The average Bonchev–Trinajstić information content (AvgIpc) is 3.07. The molecule has 246 valence electrons. The third-order valence-corrected chi connectivity index (χ3v) is 9.54. The van der Waals surface area contributed by atoms with E-state index in [0.717, 1.165) is 44.0 Å². The Kier molecular flexibility index (Phi) is 11.9. The molecule has 1 aliphatic heterocycles. The Morgan fingerprint density at radius 2 is 1.53 bits per heavy atom. The summed E-state index contributed by atoms with van der Waals surface area (Å²) >= 11 is 18.9. The van der Waals surface area contributed by atoms with Crippen LogP contribution in [0.5, 0.6) is 0 Å². The zero-order chi connectivity index (χ0) is 33.6. The van der Waals surface area contributed by atoms with E-state index < -0.39 is 16.0 Å². The Morgan fingerprint density at radius 3 is 2.17 bits per heavy atom. The van der Waals surface area contributed by atoms with Crippen molar-refractivity contribution in [1.82, 2.24) is 5.32 Å². The van der Waals surface area contributed by atoms with Gasteiger partial charge < -0.3 is 25.2 Å². The summed E-state index contributed by atoms with van der Waals surface area (Å²) in [4.78, 5) is 24.6. The van der Waals surface area contributed by atoms with Crippen molar-refractivity contribution in [1.29, 1.82) is 0 Å². The van der Waals surface area contributed by atoms with Crippen LogP contribution in [-0.2, 0) is 32.2 Å². The van der Waals surface area contributed by atoms with E-state index in [1.165, 1.54) is 6.92 Å². The molecule has 1 aliphatic rings. The van der Waals surface area contributed by atoms with E-state index in [1.54, 1.807) is 11.8 Å². The maximum atomic E-state index is 12.1. The van der Waals surface area contributed by atoms with Gasteiger partial charge in [-0.15, -0.1) is 11.8 Å². The highest BCUT2D eigenvalue weighted by atomic mass is 35.6. The van der Waals surface area contributed by atoms with E-state index in [9.17, 15) is 14.7 Å². The van der Waals surface area contributed by atoms with Crippen molar-refractivity contribution in [3.05, 3.63) is 119 Å². The van der Waals surface area contributed by atoms with Crippen molar-refractivity contribution in [2.45, 2.75) is 54.2 Å². The number of carbonyl (C=O) groups is 2. The molecule has 4 atom stereocenters. The SMILES string of the molecule is CC(=O)Nc1ccc(SCC2OC(c3ccc(-c4ccccc4CNC(=O)C(Cl)(Cl)Cl)cc3)OC(c3ccc(CO)cc3)C2C)cc1. The lowest BCUT2D eigenvalue weighted by Crippen LogP contribution is -2.38. The number of rotatable bonds is 10. The number of nitrogens with one attached hydrogen (secondary N) is 2. The Morgan fingerprint density at radius 1 is 0.872 bits per heavy atom. The van der Waals surface area contributed by atoms with Gasteiger partial charge in [0.2, 0.25) is 5.91 Å². The van der Waals surface area contributed by atoms with Gasteiger partial charge in [-0.1, -0.05) is 115 Å². The molecule has 1 fully saturated rings. The minimum absolute atomic E-state index is 0.0260. The number of hydrogen-bond donors (Lipinski definition) is 3. The first-order valence-electron chi connectivity index (χ1n) is 15.1. The molecule has 1 saturated heterocycles. The molecule has 4 aromatic carbocycles. The van der Waals surface area contributed by atoms with E-state index in [2.05, 4.69) is 17.6 Å². The van der Waals surface area contributed by atoms with Gasteiger partial charge in [-0.25, -0.2) is 0 Å². The van der Waals surface area contributed by atoms with Crippen LogP contribution < -0.4 is 10.6 Å². The van der Waals surface area contributed by atoms with Gasteiger partial charge in [-0.3, -0.25) is 9.59 Å². The summed E-state index contributed by atoms with van der Waals surface area (Å²) in [6.07, 6.45) is -0.997. The molecule has 0 spiro atoms. The molecular weight excluding hydrogens is 679 g/mol. The summed E-state index contributed by atoms with van der Waals surface area (Å²) in [6.45, 7) is 3.79. The van der Waals surface area contributed by atoms with Crippen LogP contribution in [0.15, 0.2) is 102 Å². The molecule has 11 heteroatoms. The molecule has 5 rings (SSSR count). The van der Waals surface area contributed by atoms with Gasteiger partial charge in [-0.2, -0.15) is 0 Å². The number of thioether (sulfide) groups is 1. The molecule has 3 N–H and O–H groups in total. The highest BCUT2D eigenvalue weighted by molar-refractivity contribution is 7.99. The monoisotopic (exact) mass is 712 g/mol. The third kappa shape index (κ3) is 9.30. The lowest BCUT2D eigenvalue weighted by molar-refractivity contribution is -0.268. The quantitative estimate of drug-likeness (QED) is 0.113. The lowest BCUT2D eigenvalue weighted by Gasteiger charge is -2.41. The number of halogens is 3. The normalized spacial score (nSPS) is 19.6. The minimum Gasteiger partial charge on any atom is -0.392 e. The van der Waals surface area contributed by atoms with Crippen molar-refractivity contribution >= 4 is 64.1 Å². The van der Waals surface area contributed by atoms with E-state index in [0.29, 0.717) is 5.75 Å². The van der Waals surface area contributed by atoms with E-state index in [1.807, 2.05) is 97.1 Å². The Hall–Kier alpha value is -3.08. The van der Waals surface area contributed by atoms with Crippen LogP contribution in [0.2, 0.25) is 0 Å². The van der Waals surface area contributed by atoms with Gasteiger partial charge in [0.1, 0.15) is 0 Å². The largest absolute Gasteiger partial charge is 0.392 e. The second kappa shape index (κ2) is 15.9. The number of aliphatic hydroxyl groups excluding tert-OH is 1. The molecule has 4 aromatic rings. The fourth-order valence-corrected chi connectivity index (χ4v) is 6.65. The maximum absolute atomic E-state index is 12.1. The number of alkyl halides is 3.